The van der Waals surface area contributed by atoms with Gasteiger partial charge in [-0.2, -0.15) is 4.31 Å². The summed E-state index contributed by atoms with van der Waals surface area (Å²) in [4.78, 5) is 6.46. The van der Waals surface area contributed by atoms with Gasteiger partial charge < -0.3 is 9.47 Å². The number of sulfonamides is 1. The summed E-state index contributed by atoms with van der Waals surface area (Å²) in [5.41, 5.74) is 1.98. The van der Waals surface area contributed by atoms with Crippen LogP contribution in [0.1, 0.15) is 42.0 Å². The van der Waals surface area contributed by atoms with E-state index >= 15 is 4.39 Å². The lowest BCUT2D eigenvalue weighted by Gasteiger charge is -2.37. The fraction of sp³-hybridized carbons (Fsp3) is 0.375. The first-order valence-electron chi connectivity index (χ1n) is 11.0. The van der Waals surface area contributed by atoms with Gasteiger partial charge in [-0.25, -0.2) is 17.8 Å². The number of hydrogen-bond acceptors (Lipinski definition) is 4. The Hall–Kier alpha value is -2.71. The normalized spacial score (nSPS) is 23.1. The van der Waals surface area contributed by atoms with E-state index in [9.17, 15) is 8.42 Å². The maximum Gasteiger partial charge on any atom is 0.221 e. The van der Waals surface area contributed by atoms with Crippen molar-refractivity contribution < 1.29 is 12.8 Å². The van der Waals surface area contributed by atoms with Gasteiger partial charge >= 0.3 is 0 Å². The molecule has 0 aliphatic carbocycles. The van der Waals surface area contributed by atoms with Crippen molar-refractivity contribution in [2.45, 2.75) is 50.7 Å². The van der Waals surface area contributed by atoms with Crippen molar-refractivity contribution in [3.8, 4) is 0 Å². The smallest absolute Gasteiger partial charge is 0.221 e. The van der Waals surface area contributed by atoms with Crippen LogP contribution in [0.15, 0.2) is 60.9 Å². The summed E-state index contributed by atoms with van der Waals surface area (Å²) in [6.45, 7) is 4.16. The van der Waals surface area contributed by atoms with E-state index in [1.54, 1.807) is 12.3 Å². The van der Waals surface area contributed by atoms with Crippen LogP contribution in [0, 0.1) is 5.82 Å². The highest BCUT2D eigenvalue weighted by Crippen LogP contribution is 2.38. The SMILES string of the molecule is C[C@H]1CCC(c2ccccc2)S(=O)(=O)N1Cc1ccc(N2CCn3ccnc3C2)cc1F. The van der Waals surface area contributed by atoms with Crippen LogP contribution in [-0.4, -0.2) is 34.9 Å². The quantitative estimate of drug-likeness (QED) is 0.596. The average molecular weight is 455 g/mol. The monoisotopic (exact) mass is 454 g/mol. The second kappa shape index (κ2) is 8.33. The van der Waals surface area contributed by atoms with E-state index in [2.05, 4.69) is 14.5 Å². The molecule has 6 nitrogen and oxygen atoms in total. The molecule has 2 atom stereocenters. The lowest BCUT2D eigenvalue weighted by Crippen LogP contribution is -2.44. The molecule has 1 saturated heterocycles. The molecule has 3 aromatic rings. The highest BCUT2D eigenvalue weighted by molar-refractivity contribution is 7.89. The van der Waals surface area contributed by atoms with E-state index < -0.39 is 15.3 Å². The van der Waals surface area contributed by atoms with Crippen LogP contribution in [-0.2, 0) is 29.7 Å². The predicted octanol–water partition coefficient (Wildman–Crippen LogP) is 4.10. The average Bonchev–Trinajstić information content (AvgIpc) is 3.26. The van der Waals surface area contributed by atoms with E-state index in [1.165, 1.54) is 10.4 Å². The second-order valence-corrected chi connectivity index (χ2v) is 10.7. The summed E-state index contributed by atoms with van der Waals surface area (Å²) < 4.78 is 45.6. The molecule has 0 saturated carbocycles. The van der Waals surface area contributed by atoms with Gasteiger partial charge in [-0.15, -0.1) is 0 Å². The van der Waals surface area contributed by atoms with Gasteiger partial charge in [0.15, 0.2) is 0 Å². The number of nitrogens with zero attached hydrogens (tertiary/aromatic N) is 4. The molecule has 1 aromatic heterocycles. The van der Waals surface area contributed by atoms with Crippen molar-refractivity contribution in [1.29, 1.82) is 0 Å². The molecule has 2 aliphatic heterocycles. The Morgan fingerprint density at radius 2 is 1.91 bits per heavy atom. The molecule has 5 rings (SSSR count). The molecule has 0 radical (unpaired) electrons. The molecule has 2 aliphatic rings. The van der Waals surface area contributed by atoms with Crippen LogP contribution in [0.4, 0.5) is 10.1 Å². The molecule has 0 N–H and O–H groups in total. The Morgan fingerprint density at radius 3 is 2.69 bits per heavy atom. The predicted molar refractivity (Wildman–Crippen MR) is 122 cm³/mol. The molecule has 8 heteroatoms. The van der Waals surface area contributed by atoms with Crippen LogP contribution in [0.3, 0.4) is 0 Å². The summed E-state index contributed by atoms with van der Waals surface area (Å²) in [7, 11) is -3.59. The molecule has 2 aromatic carbocycles. The first-order chi connectivity index (χ1) is 15.4. The zero-order chi connectivity index (χ0) is 22.3. The lowest BCUT2D eigenvalue weighted by molar-refractivity contribution is 0.279. The van der Waals surface area contributed by atoms with Crippen LogP contribution in [0.5, 0.6) is 0 Å². The first kappa shape index (κ1) is 21.2. The Morgan fingerprint density at radius 1 is 1.09 bits per heavy atom. The van der Waals surface area contributed by atoms with Gasteiger partial charge in [0.1, 0.15) is 16.9 Å². The number of benzene rings is 2. The topological polar surface area (TPSA) is 58.4 Å². The molecule has 3 heterocycles. The van der Waals surface area contributed by atoms with Gasteiger partial charge in [0.2, 0.25) is 10.0 Å². The van der Waals surface area contributed by atoms with E-state index in [4.69, 9.17) is 0 Å². The Balaban J connectivity index is 1.37. The molecule has 0 bridgehead atoms. The molecule has 1 unspecified atom stereocenters. The third-order valence-electron chi connectivity index (χ3n) is 6.67. The lowest BCUT2D eigenvalue weighted by atomic mass is 10.0. The number of rotatable bonds is 4. The molecular weight excluding hydrogens is 427 g/mol. The number of hydrogen-bond donors (Lipinski definition) is 0. The molecule has 0 amide bonds. The minimum Gasteiger partial charge on any atom is -0.362 e. The number of aromatic nitrogens is 2. The minimum atomic E-state index is -3.59. The van der Waals surface area contributed by atoms with Crippen molar-refractivity contribution in [3.63, 3.8) is 0 Å². The summed E-state index contributed by atoms with van der Waals surface area (Å²) in [5.74, 6) is 0.585. The van der Waals surface area contributed by atoms with Crippen LogP contribution in [0.25, 0.3) is 0 Å². The second-order valence-electron chi connectivity index (χ2n) is 8.65. The van der Waals surface area contributed by atoms with Gasteiger partial charge in [0.05, 0.1) is 6.54 Å². The zero-order valence-electron chi connectivity index (χ0n) is 18.1. The molecule has 32 heavy (non-hydrogen) atoms. The Bertz CT molecular complexity index is 1210. The molecular formula is C24H27FN4O2S. The maximum absolute atomic E-state index is 15.1. The molecule has 168 valence electrons. The van der Waals surface area contributed by atoms with Gasteiger partial charge in [0.25, 0.3) is 0 Å². The first-order valence-corrected chi connectivity index (χ1v) is 12.5. The Labute approximate surface area is 188 Å². The zero-order valence-corrected chi connectivity index (χ0v) is 18.9. The molecule has 1 fully saturated rings. The summed E-state index contributed by atoms with van der Waals surface area (Å²) in [6.07, 6.45) is 5.07. The minimum absolute atomic E-state index is 0.0450. The van der Waals surface area contributed by atoms with E-state index in [1.807, 2.05) is 49.5 Å². The highest BCUT2D eigenvalue weighted by Gasteiger charge is 2.40. The Kier molecular flexibility index (Phi) is 5.51. The van der Waals surface area contributed by atoms with Crippen molar-refractivity contribution in [1.82, 2.24) is 13.9 Å². The third-order valence-corrected chi connectivity index (χ3v) is 9.04. The fourth-order valence-electron chi connectivity index (χ4n) is 4.77. The van der Waals surface area contributed by atoms with Crippen molar-refractivity contribution >= 4 is 15.7 Å². The van der Waals surface area contributed by atoms with Crippen molar-refractivity contribution in [3.05, 3.63) is 83.7 Å². The fourth-order valence-corrected chi connectivity index (χ4v) is 6.96. The number of fused-ring (bicyclic) bond motifs is 1. The summed E-state index contributed by atoms with van der Waals surface area (Å²) in [5, 5.41) is -0.584. The van der Waals surface area contributed by atoms with Crippen molar-refractivity contribution in [2.75, 3.05) is 11.4 Å². The van der Waals surface area contributed by atoms with Crippen LogP contribution >= 0.6 is 0 Å². The van der Waals surface area contributed by atoms with Gasteiger partial charge in [-0.05, 0) is 37.5 Å². The third kappa shape index (κ3) is 3.82. The standard InChI is InChI=1S/C24H27FN4O2S/c1-18-7-10-23(19-5-3-2-4-6-19)32(30,31)29(18)16-20-8-9-21(15-22(20)25)28-14-13-27-12-11-26-24(27)17-28/h2-6,8-9,11-12,15,18,23H,7,10,13-14,16-17H2,1H3/t18-,23?/m0/s1. The van der Waals surface area contributed by atoms with E-state index in [0.717, 1.165) is 36.6 Å². The number of imidazole rings is 1. The largest absolute Gasteiger partial charge is 0.362 e. The van der Waals surface area contributed by atoms with Crippen LogP contribution < -0.4 is 4.90 Å². The number of anilines is 1. The van der Waals surface area contributed by atoms with Gasteiger partial charge in [-0.3, -0.25) is 0 Å². The van der Waals surface area contributed by atoms with Gasteiger partial charge in [0, 0.05) is 49.3 Å². The molecule has 0 spiro atoms. The van der Waals surface area contributed by atoms with E-state index in [0.29, 0.717) is 18.5 Å². The summed E-state index contributed by atoms with van der Waals surface area (Å²) >= 11 is 0. The van der Waals surface area contributed by atoms with Crippen molar-refractivity contribution in [2.24, 2.45) is 0 Å². The summed E-state index contributed by atoms with van der Waals surface area (Å²) in [6, 6.07) is 14.3. The highest BCUT2D eigenvalue weighted by atomic mass is 32.2. The number of halogens is 1. The maximum atomic E-state index is 15.1. The van der Waals surface area contributed by atoms with Gasteiger partial charge in [-0.1, -0.05) is 36.4 Å². The van der Waals surface area contributed by atoms with Crippen LogP contribution in [0.2, 0.25) is 0 Å². The van der Waals surface area contributed by atoms with E-state index in [-0.39, 0.29) is 18.4 Å².